The topological polar surface area (TPSA) is 139 Å². The fourth-order valence-corrected chi connectivity index (χ4v) is 6.81. The normalized spacial score (nSPS) is 11.9. The highest BCUT2D eigenvalue weighted by atomic mass is 79.9. The van der Waals surface area contributed by atoms with Gasteiger partial charge in [-0.25, -0.2) is 8.42 Å². The maximum Gasteiger partial charge on any atom is 0.273 e. The first-order chi connectivity index (χ1) is 23.3. The van der Waals surface area contributed by atoms with Crippen LogP contribution in [0.1, 0.15) is 30.5 Å². The average molecular weight is 752 g/mol. The lowest BCUT2D eigenvalue weighted by atomic mass is 10.0. The number of nitro groups is 1. The summed E-state index contributed by atoms with van der Waals surface area (Å²) in [6.45, 7) is 5.12. The van der Waals surface area contributed by atoms with Crippen molar-refractivity contribution < 1.29 is 27.7 Å². The van der Waals surface area contributed by atoms with E-state index in [2.05, 4.69) is 21.2 Å². The van der Waals surface area contributed by atoms with E-state index in [9.17, 15) is 28.1 Å². The van der Waals surface area contributed by atoms with Crippen molar-refractivity contribution >= 4 is 49.1 Å². The number of sulfonamides is 1. The lowest BCUT2D eigenvalue weighted by molar-refractivity contribution is -0.385. The molecule has 1 atom stereocenters. The molecule has 2 amide bonds. The summed E-state index contributed by atoms with van der Waals surface area (Å²) in [5.74, 6) is -0.424. The van der Waals surface area contributed by atoms with Gasteiger partial charge in [0.05, 0.1) is 22.6 Å². The second kappa shape index (κ2) is 16.6. The Bertz CT molecular complexity index is 1870. The smallest absolute Gasteiger partial charge is 0.273 e. The van der Waals surface area contributed by atoms with E-state index in [1.165, 1.54) is 43.2 Å². The Morgan fingerprint density at radius 2 is 1.59 bits per heavy atom. The van der Waals surface area contributed by atoms with Crippen LogP contribution >= 0.6 is 15.9 Å². The molecular weight excluding hydrogens is 712 g/mol. The number of benzene rings is 4. The predicted molar refractivity (Wildman–Crippen MR) is 192 cm³/mol. The van der Waals surface area contributed by atoms with Gasteiger partial charge in [-0.15, -0.1) is 0 Å². The summed E-state index contributed by atoms with van der Waals surface area (Å²) in [5, 5.41) is 14.7. The number of halogens is 1. The van der Waals surface area contributed by atoms with E-state index in [0.717, 1.165) is 26.0 Å². The van der Waals surface area contributed by atoms with E-state index < -0.39 is 33.4 Å². The minimum absolute atomic E-state index is 0.00517. The standard InChI is InChI=1S/C36H39BrN4O7S/c1-25(2)22-38-36(43)34(20-27-8-6-5-7-9-27)39(23-28-11-13-29(37)14-12-28)35(42)24-40(30-15-17-31(48-4)18-16-30)49(46,47)32-19-10-26(3)33(21-32)41(44)45/h5-19,21,25,34H,20,22-24H2,1-4H3,(H,38,43)/t34-/m1/s1. The van der Waals surface area contributed by atoms with Crippen molar-refractivity contribution in [3.63, 3.8) is 0 Å². The van der Waals surface area contributed by atoms with Gasteiger partial charge in [0, 0.05) is 35.6 Å². The summed E-state index contributed by atoms with van der Waals surface area (Å²) >= 11 is 3.43. The second-order valence-electron chi connectivity index (χ2n) is 11.9. The van der Waals surface area contributed by atoms with Gasteiger partial charge < -0.3 is 15.0 Å². The summed E-state index contributed by atoms with van der Waals surface area (Å²) in [5.41, 5.74) is 1.58. The molecule has 4 rings (SSSR count). The Balaban J connectivity index is 1.83. The van der Waals surface area contributed by atoms with Gasteiger partial charge in [-0.2, -0.15) is 0 Å². The Hall–Kier alpha value is -4.75. The van der Waals surface area contributed by atoms with Gasteiger partial charge in [0.15, 0.2) is 0 Å². The van der Waals surface area contributed by atoms with Crippen LogP contribution in [0.25, 0.3) is 0 Å². The number of amides is 2. The Kier molecular flexibility index (Phi) is 12.5. The molecule has 13 heteroatoms. The molecule has 1 N–H and O–H groups in total. The van der Waals surface area contributed by atoms with Crippen LogP contribution in [0.4, 0.5) is 11.4 Å². The van der Waals surface area contributed by atoms with Gasteiger partial charge in [-0.3, -0.25) is 24.0 Å². The van der Waals surface area contributed by atoms with Crippen molar-refractivity contribution in [2.75, 3.05) is 24.5 Å². The highest BCUT2D eigenvalue weighted by molar-refractivity contribution is 9.10. The molecule has 4 aromatic rings. The summed E-state index contributed by atoms with van der Waals surface area (Å²) in [6, 6.07) is 25.3. The molecule has 0 unspecified atom stereocenters. The van der Waals surface area contributed by atoms with E-state index in [1.807, 2.05) is 68.4 Å². The lowest BCUT2D eigenvalue weighted by Gasteiger charge is -2.34. The number of carbonyl (C=O) groups is 2. The van der Waals surface area contributed by atoms with Gasteiger partial charge in [0.1, 0.15) is 18.3 Å². The molecular formula is C36H39BrN4O7S. The molecule has 49 heavy (non-hydrogen) atoms. The molecule has 0 bridgehead atoms. The largest absolute Gasteiger partial charge is 0.497 e. The molecule has 0 saturated heterocycles. The van der Waals surface area contributed by atoms with Gasteiger partial charge in [0.25, 0.3) is 15.7 Å². The van der Waals surface area contributed by atoms with Gasteiger partial charge in [-0.1, -0.05) is 78.3 Å². The van der Waals surface area contributed by atoms with Crippen LogP contribution in [0.2, 0.25) is 0 Å². The van der Waals surface area contributed by atoms with Crippen LogP contribution in [-0.2, 0) is 32.6 Å². The number of ether oxygens (including phenoxy) is 1. The number of anilines is 1. The SMILES string of the molecule is COc1ccc(N(CC(=O)N(Cc2ccc(Br)cc2)[C@H](Cc2ccccc2)C(=O)NCC(C)C)S(=O)(=O)c2ccc(C)c([N+](=O)[O-])c2)cc1. The molecule has 0 aromatic heterocycles. The fraction of sp³-hybridized carbons (Fsp3) is 0.278. The average Bonchev–Trinajstić information content (AvgIpc) is 3.08. The number of carbonyl (C=O) groups excluding carboxylic acids is 2. The van der Waals surface area contributed by atoms with Crippen molar-refractivity contribution in [2.24, 2.45) is 5.92 Å². The first-order valence-electron chi connectivity index (χ1n) is 15.6. The van der Waals surface area contributed by atoms with E-state index >= 15 is 0 Å². The zero-order valence-electron chi connectivity index (χ0n) is 27.7. The zero-order valence-corrected chi connectivity index (χ0v) is 30.1. The second-order valence-corrected chi connectivity index (χ2v) is 14.7. The van der Waals surface area contributed by atoms with Crippen LogP contribution in [0.3, 0.4) is 0 Å². The third kappa shape index (κ3) is 9.67. The molecule has 0 fully saturated rings. The van der Waals surface area contributed by atoms with Crippen molar-refractivity contribution in [2.45, 2.75) is 44.7 Å². The van der Waals surface area contributed by atoms with Crippen molar-refractivity contribution in [1.29, 1.82) is 0 Å². The summed E-state index contributed by atoms with van der Waals surface area (Å²) in [7, 11) is -3.08. The third-order valence-electron chi connectivity index (χ3n) is 7.83. The van der Waals surface area contributed by atoms with E-state index in [1.54, 1.807) is 12.1 Å². The first-order valence-corrected chi connectivity index (χ1v) is 17.8. The molecule has 258 valence electrons. The van der Waals surface area contributed by atoms with Crippen LogP contribution in [0, 0.1) is 23.0 Å². The van der Waals surface area contributed by atoms with Crippen LogP contribution < -0.4 is 14.4 Å². The minimum Gasteiger partial charge on any atom is -0.497 e. The summed E-state index contributed by atoms with van der Waals surface area (Å²) in [6.07, 6.45) is 0.173. The van der Waals surface area contributed by atoms with Gasteiger partial charge in [-0.05, 0) is 66.4 Å². The Morgan fingerprint density at radius 1 is 0.939 bits per heavy atom. The van der Waals surface area contributed by atoms with Crippen molar-refractivity contribution in [3.8, 4) is 5.75 Å². The number of nitro benzene ring substituents is 1. The Labute approximate surface area is 295 Å². The zero-order chi connectivity index (χ0) is 35.7. The maximum absolute atomic E-state index is 14.6. The molecule has 0 aliphatic carbocycles. The number of methoxy groups -OCH3 is 1. The highest BCUT2D eigenvalue weighted by Gasteiger charge is 2.35. The molecule has 0 saturated carbocycles. The fourth-order valence-electron chi connectivity index (χ4n) is 5.11. The molecule has 0 heterocycles. The number of aryl methyl sites for hydroxylation is 1. The van der Waals surface area contributed by atoms with Crippen LogP contribution in [-0.4, -0.2) is 56.3 Å². The number of nitrogens with one attached hydrogen (secondary N) is 1. The predicted octanol–water partition coefficient (Wildman–Crippen LogP) is 6.28. The molecule has 4 aromatic carbocycles. The molecule has 0 radical (unpaired) electrons. The highest BCUT2D eigenvalue weighted by Crippen LogP contribution is 2.30. The third-order valence-corrected chi connectivity index (χ3v) is 10.1. The Morgan fingerprint density at radius 3 is 2.18 bits per heavy atom. The summed E-state index contributed by atoms with van der Waals surface area (Å²) < 4.78 is 35.6. The molecule has 11 nitrogen and oxygen atoms in total. The van der Waals surface area contributed by atoms with E-state index in [4.69, 9.17) is 4.74 Å². The monoisotopic (exact) mass is 750 g/mol. The summed E-state index contributed by atoms with van der Waals surface area (Å²) in [4.78, 5) is 40.6. The lowest BCUT2D eigenvalue weighted by Crippen LogP contribution is -2.53. The maximum atomic E-state index is 14.6. The van der Waals surface area contributed by atoms with E-state index in [0.29, 0.717) is 12.3 Å². The minimum atomic E-state index is -4.55. The molecule has 0 aliphatic rings. The van der Waals surface area contributed by atoms with Gasteiger partial charge >= 0.3 is 0 Å². The molecule has 0 aliphatic heterocycles. The van der Waals surface area contributed by atoms with Crippen molar-refractivity contribution in [3.05, 3.63) is 128 Å². The van der Waals surface area contributed by atoms with Gasteiger partial charge in [0.2, 0.25) is 11.8 Å². The quantitative estimate of drug-likeness (QED) is 0.111. The first kappa shape index (κ1) is 37.1. The van der Waals surface area contributed by atoms with Crippen molar-refractivity contribution in [1.82, 2.24) is 10.2 Å². The number of hydrogen-bond donors (Lipinski definition) is 1. The molecule has 0 spiro atoms. The number of nitrogens with zero attached hydrogens (tertiary/aromatic N) is 3. The number of hydrogen-bond acceptors (Lipinski definition) is 7. The number of rotatable bonds is 15. The van der Waals surface area contributed by atoms with Crippen LogP contribution in [0.15, 0.2) is 106 Å². The van der Waals surface area contributed by atoms with Crippen LogP contribution in [0.5, 0.6) is 5.75 Å². The van der Waals surface area contributed by atoms with E-state index in [-0.39, 0.29) is 46.6 Å².